The van der Waals surface area contributed by atoms with E-state index in [1.165, 1.54) is 12.1 Å². The molecule has 0 spiro atoms. The van der Waals surface area contributed by atoms with Crippen LogP contribution in [0.5, 0.6) is 11.6 Å². The number of likely N-dealkylation sites (tertiary alicyclic amines) is 1. The number of aromatic nitrogens is 4. The zero-order chi connectivity index (χ0) is 27.4. The molecule has 2 aliphatic heterocycles. The molecule has 0 aliphatic carbocycles. The first kappa shape index (κ1) is 26.7. The van der Waals surface area contributed by atoms with E-state index < -0.39 is 5.69 Å². The first-order valence-electron chi connectivity index (χ1n) is 13.0. The van der Waals surface area contributed by atoms with E-state index in [-0.39, 0.29) is 11.6 Å². The first-order chi connectivity index (χ1) is 18.9. The number of nitrogens with zero attached hydrogens (tertiary/aromatic N) is 4. The maximum Gasteiger partial charge on any atom is 0.325 e. The van der Waals surface area contributed by atoms with Gasteiger partial charge in [-0.15, -0.1) is 0 Å². The van der Waals surface area contributed by atoms with Gasteiger partial charge >= 0.3 is 5.69 Å². The number of anilines is 1. The number of fused-ring (bicyclic) bond motifs is 1. The lowest BCUT2D eigenvalue weighted by molar-refractivity contribution is 0.208. The predicted molar refractivity (Wildman–Crippen MR) is 152 cm³/mol. The molecule has 1 fully saturated rings. The highest BCUT2D eigenvalue weighted by Gasteiger charge is 2.24. The number of allylic oxidation sites excluding steroid dienone is 1. The lowest BCUT2D eigenvalue weighted by atomic mass is 10.0. The molecular weight excluding hydrogens is 514 g/mol. The third-order valence-electron chi connectivity index (χ3n) is 6.95. The van der Waals surface area contributed by atoms with Gasteiger partial charge in [-0.2, -0.15) is 22.0 Å². The summed E-state index contributed by atoms with van der Waals surface area (Å²) in [6.45, 7) is 6.18. The van der Waals surface area contributed by atoms with Crippen LogP contribution in [0.4, 0.5) is 5.95 Å². The van der Waals surface area contributed by atoms with Crippen molar-refractivity contribution in [1.29, 1.82) is 5.26 Å². The van der Waals surface area contributed by atoms with Crippen molar-refractivity contribution in [1.82, 2.24) is 24.8 Å². The third-order valence-corrected chi connectivity index (χ3v) is 7.93. The van der Waals surface area contributed by atoms with Crippen molar-refractivity contribution in [3.63, 3.8) is 0 Å². The SMILES string of the molecule is Cc1cc(/C=C/C#N)cc(C)c1Oc1nc(NC2CCN(Cc3cc(=O)[nH]c(=O)[nH]3)CC2)nc2c1CSCC2. The minimum absolute atomic E-state index is 0.206. The largest absolute Gasteiger partial charge is 0.438 e. The number of hydrogen-bond donors (Lipinski definition) is 3. The first-order valence-corrected chi connectivity index (χ1v) is 14.2. The quantitative estimate of drug-likeness (QED) is 0.379. The fraction of sp³-hybridized carbons (Fsp3) is 0.393. The van der Waals surface area contributed by atoms with E-state index in [9.17, 15) is 9.59 Å². The van der Waals surface area contributed by atoms with Gasteiger partial charge in [0.1, 0.15) is 5.75 Å². The molecular formula is C28H31N7O3S. The van der Waals surface area contributed by atoms with Gasteiger partial charge in [-0.3, -0.25) is 14.7 Å². The molecule has 5 rings (SSSR count). The molecule has 3 N–H and O–H groups in total. The number of rotatable bonds is 7. The number of ether oxygens (including phenoxy) is 1. The van der Waals surface area contributed by atoms with Crippen LogP contribution in [0.1, 0.15) is 46.5 Å². The Morgan fingerprint density at radius 3 is 2.67 bits per heavy atom. The number of H-pyrrole nitrogens is 2. The monoisotopic (exact) mass is 545 g/mol. The summed E-state index contributed by atoms with van der Waals surface area (Å²) in [6, 6.07) is 7.69. The molecule has 39 heavy (non-hydrogen) atoms. The minimum Gasteiger partial charge on any atom is -0.438 e. The van der Waals surface area contributed by atoms with Gasteiger partial charge < -0.3 is 15.0 Å². The second kappa shape index (κ2) is 11.9. The Morgan fingerprint density at radius 2 is 1.95 bits per heavy atom. The molecule has 202 valence electrons. The summed E-state index contributed by atoms with van der Waals surface area (Å²) in [7, 11) is 0. The topological polar surface area (TPSA) is 140 Å². The molecule has 1 aromatic carbocycles. The van der Waals surface area contributed by atoms with Gasteiger partial charge in [0.15, 0.2) is 0 Å². The van der Waals surface area contributed by atoms with E-state index in [0.717, 1.165) is 77.6 Å². The van der Waals surface area contributed by atoms with Crippen molar-refractivity contribution < 1.29 is 4.74 Å². The number of benzene rings is 1. The van der Waals surface area contributed by atoms with Crippen LogP contribution in [0.25, 0.3) is 6.08 Å². The number of aromatic amines is 2. The van der Waals surface area contributed by atoms with Crippen LogP contribution in [0, 0.1) is 25.2 Å². The van der Waals surface area contributed by atoms with E-state index in [2.05, 4.69) is 20.2 Å². The highest BCUT2D eigenvalue weighted by atomic mass is 32.2. The molecule has 11 heteroatoms. The third kappa shape index (κ3) is 6.58. The van der Waals surface area contributed by atoms with E-state index in [0.29, 0.717) is 24.1 Å². The Balaban J connectivity index is 1.30. The Bertz CT molecular complexity index is 1500. The fourth-order valence-electron chi connectivity index (χ4n) is 5.09. The maximum absolute atomic E-state index is 11.6. The Kier molecular flexibility index (Phi) is 8.14. The van der Waals surface area contributed by atoms with Gasteiger partial charge in [0.2, 0.25) is 11.8 Å². The summed E-state index contributed by atoms with van der Waals surface area (Å²) in [5, 5.41) is 12.4. The molecule has 1 saturated heterocycles. The van der Waals surface area contributed by atoms with Gasteiger partial charge in [0, 0.05) is 54.8 Å². The fourth-order valence-corrected chi connectivity index (χ4v) is 6.06. The van der Waals surface area contributed by atoms with Crippen molar-refractivity contribution in [3.05, 3.63) is 78.8 Å². The van der Waals surface area contributed by atoms with Crippen LogP contribution >= 0.6 is 11.8 Å². The Labute approximate surface area is 230 Å². The van der Waals surface area contributed by atoms with Crippen molar-refractivity contribution in [2.75, 3.05) is 24.2 Å². The molecule has 2 aromatic heterocycles. The average molecular weight is 546 g/mol. The zero-order valence-corrected chi connectivity index (χ0v) is 22.9. The minimum atomic E-state index is -0.479. The second-order valence-electron chi connectivity index (χ2n) is 9.94. The lowest BCUT2D eigenvalue weighted by Gasteiger charge is -2.32. The second-order valence-corrected chi connectivity index (χ2v) is 11.0. The summed E-state index contributed by atoms with van der Waals surface area (Å²) in [5.74, 6) is 3.78. The maximum atomic E-state index is 11.6. The van der Waals surface area contributed by atoms with Gasteiger partial charge in [-0.1, -0.05) is 0 Å². The number of thioether (sulfide) groups is 1. The van der Waals surface area contributed by atoms with Crippen molar-refractivity contribution in [2.24, 2.45) is 0 Å². The predicted octanol–water partition coefficient (Wildman–Crippen LogP) is 3.66. The van der Waals surface area contributed by atoms with Crippen molar-refractivity contribution in [3.8, 4) is 17.7 Å². The van der Waals surface area contributed by atoms with E-state index in [1.54, 1.807) is 6.08 Å². The van der Waals surface area contributed by atoms with Crippen LogP contribution in [0.3, 0.4) is 0 Å². The van der Waals surface area contributed by atoms with Crippen molar-refractivity contribution in [2.45, 2.75) is 51.4 Å². The molecule has 0 bridgehead atoms. The van der Waals surface area contributed by atoms with E-state index in [4.69, 9.17) is 20.0 Å². The number of aryl methyl sites for hydroxylation is 3. The summed E-state index contributed by atoms with van der Waals surface area (Å²) < 4.78 is 6.47. The van der Waals surface area contributed by atoms with Crippen LogP contribution in [0.2, 0.25) is 0 Å². The molecule has 0 atom stereocenters. The highest BCUT2D eigenvalue weighted by molar-refractivity contribution is 7.98. The normalized spacial score (nSPS) is 16.1. The summed E-state index contributed by atoms with van der Waals surface area (Å²) in [6.07, 6.45) is 5.90. The van der Waals surface area contributed by atoms with Crippen LogP contribution < -0.4 is 21.3 Å². The summed E-state index contributed by atoms with van der Waals surface area (Å²) >= 11 is 1.86. The molecule has 10 nitrogen and oxygen atoms in total. The van der Waals surface area contributed by atoms with Gasteiger partial charge in [-0.05, 0) is 73.8 Å². The molecule has 0 saturated carbocycles. The van der Waals surface area contributed by atoms with Crippen LogP contribution in [0.15, 0.2) is 33.9 Å². The van der Waals surface area contributed by atoms with Crippen LogP contribution in [-0.4, -0.2) is 49.7 Å². The molecule has 4 heterocycles. The number of hydrogen-bond acceptors (Lipinski definition) is 9. The number of nitrogens with one attached hydrogen (secondary N) is 3. The average Bonchev–Trinajstić information content (AvgIpc) is 2.90. The molecule has 2 aliphatic rings. The number of piperidine rings is 1. The molecule has 0 radical (unpaired) electrons. The van der Waals surface area contributed by atoms with Gasteiger partial charge in [0.05, 0.1) is 11.8 Å². The zero-order valence-electron chi connectivity index (χ0n) is 22.0. The Morgan fingerprint density at radius 1 is 1.18 bits per heavy atom. The highest BCUT2D eigenvalue weighted by Crippen LogP contribution is 2.36. The smallest absolute Gasteiger partial charge is 0.325 e. The van der Waals surface area contributed by atoms with Crippen LogP contribution in [-0.2, 0) is 18.7 Å². The van der Waals surface area contributed by atoms with Gasteiger partial charge in [0.25, 0.3) is 5.56 Å². The molecule has 0 amide bonds. The molecule has 3 aromatic rings. The molecule has 0 unspecified atom stereocenters. The summed E-state index contributed by atoms with van der Waals surface area (Å²) in [4.78, 5) is 40.0. The summed E-state index contributed by atoms with van der Waals surface area (Å²) in [5.41, 5.74) is 4.74. The Hall–Kier alpha value is -3.88. The lowest BCUT2D eigenvalue weighted by Crippen LogP contribution is -2.39. The van der Waals surface area contributed by atoms with Gasteiger partial charge in [-0.25, -0.2) is 9.78 Å². The number of nitriles is 1. The van der Waals surface area contributed by atoms with Crippen molar-refractivity contribution >= 4 is 23.8 Å². The van der Waals surface area contributed by atoms with E-state index in [1.807, 2.05) is 43.8 Å². The standard InChI is InChI=1S/C28H31N7O3S/c1-17-12-19(4-3-8-29)13-18(2)25(17)38-26-22-16-39-11-7-23(22)32-27(34-26)30-20-5-9-35(10-6-20)15-21-14-24(36)33-28(37)31-21/h3-4,12-14,20H,5-7,9-11,15-16H2,1-2H3,(H,30,32,34)(H2,31,33,36,37)/b4-3+. The van der Waals surface area contributed by atoms with E-state index >= 15 is 0 Å².